The van der Waals surface area contributed by atoms with Gasteiger partial charge in [-0.3, -0.25) is 9.20 Å². The minimum atomic E-state index is -0.0606. The van der Waals surface area contributed by atoms with Crippen LogP contribution in [0.15, 0.2) is 35.2 Å². The van der Waals surface area contributed by atoms with Gasteiger partial charge in [0, 0.05) is 36.5 Å². The number of anilines is 1. The minimum Gasteiger partial charge on any atom is -0.497 e. The van der Waals surface area contributed by atoms with Gasteiger partial charge in [0.2, 0.25) is 0 Å². The second kappa shape index (κ2) is 8.85. The molecule has 33 heavy (non-hydrogen) atoms. The van der Waals surface area contributed by atoms with Crippen molar-refractivity contribution < 1.29 is 19.0 Å². The third-order valence-corrected chi connectivity index (χ3v) is 7.43. The van der Waals surface area contributed by atoms with Gasteiger partial charge in [0.1, 0.15) is 27.4 Å². The number of hydrogen-bond acceptors (Lipinski definition) is 7. The molecule has 0 spiro atoms. The number of fused-ring (bicyclic) bond motifs is 2. The van der Waals surface area contributed by atoms with Crippen molar-refractivity contribution in [1.29, 1.82) is 0 Å². The van der Waals surface area contributed by atoms with Crippen LogP contribution in [-0.4, -0.2) is 41.2 Å². The Labute approximate surface area is 200 Å². The molecule has 1 N–H and O–H groups in total. The van der Waals surface area contributed by atoms with E-state index in [2.05, 4.69) is 30.6 Å². The Kier molecular flexibility index (Phi) is 5.90. The number of methoxy groups -OCH3 is 2. The Balaban J connectivity index is 1.40. The summed E-state index contributed by atoms with van der Waals surface area (Å²) in [7, 11) is 3.28. The van der Waals surface area contributed by atoms with Crippen LogP contribution in [-0.2, 0) is 16.1 Å². The molecule has 0 amide bonds. The second-order valence-corrected chi connectivity index (χ2v) is 9.24. The molecule has 0 aliphatic heterocycles. The average molecular weight is 515 g/mol. The normalized spacial score (nSPS) is 23.3. The molecule has 2 aliphatic carbocycles. The highest BCUT2D eigenvalue weighted by atomic mass is 79.9. The second-order valence-electron chi connectivity index (χ2n) is 8.49. The molecule has 5 rings (SSSR count). The first-order valence-electron chi connectivity index (χ1n) is 11.2. The molecule has 0 radical (unpaired) electrons. The Morgan fingerprint density at radius 1 is 1.27 bits per heavy atom. The van der Waals surface area contributed by atoms with Gasteiger partial charge in [0.25, 0.3) is 0 Å². The summed E-state index contributed by atoms with van der Waals surface area (Å²) in [5.41, 5.74) is 1.88. The summed E-state index contributed by atoms with van der Waals surface area (Å²) in [5.74, 6) is 4.12. The largest absolute Gasteiger partial charge is 0.497 e. The van der Waals surface area contributed by atoms with E-state index in [1.165, 1.54) is 0 Å². The molecule has 9 heteroatoms. The first-order chi connectivity index (χ1) is 16.1. The van der Waals surface area contributed by atoms with Crippen LogP contribution in [0.4, 0.5) is 5.82 Å². The van der Waals surface area contributed by atoms with E-state index < -0.39 is 0 Å². The Hall–Kier alpha value is -2.81. The molecule has 2 fully saturated rings. The summed E-state index contributed by atoms with van der Waals surface area (Å²) >= 11 is 3.65. The number of hydrogen-bond donors (Lipinski definition) is 1. The molecule has 1 aromatic carbocycles. The monoisotopic (exact) mass is 514 g/mol. The maximum absolute atomic E-state index is 12.3. The van der Waals surface area contributed by atoms with Crippen LogP contribution in [0.5, 0.6) is 11.5 Å². The number of esters is 1. The number of ether oxygens (including phenoxy) is 3. The number of halogens is 1. The number of imidazole rings is 1. The quantitative estimate of drug-likeness (QED) is 0.445. The summed E-state index contributed by atoms with van der Waals surface area (Å²) in [5, 5.41) is 3.43. The number of nitrogens with one attached hydrogen (secondary N) is 1. The lowest BCUT2D eigenvalue weighted by atomic mass is 9.99. The zero-order valence-electron chi connectivity index (χ0n) is 18.9. The number of carbonyl (C=O) groups is 1. The predicted octanol–water partition coefficient (Wildman–Crippen LogP) is 4.42. The molecule has 2 saturated carbocycles. The van der Waals surface area contributed by atoms with Gasteiger partial charge in [-0.05, 0) is 59.7 Å². The smallest absolute Gasteiger partial charge is 0.309 e. The van der Waals surface area contributed by atoms with Crippen molar-refractivity contribution in [3.63, 3.8) is 0 Å². The Morgan fingerprint density at radius 2 is 2.12 bits per heavy atom. The maximum atomic E-state index is 12.3. The zero-order valence-corrected chi connectivity index (χ0v) is 20.5. The fraction of sp³-hybridized carbons (Fsp3) is 0.458. The van der Waals surface area contributed by atoms with Crippen LogP contribution in [0, 0.1) is 17.8 Å². The lowest BCUT2D eigenvalue weighted by Crippen LogP contribution is -2.14. The molecule has 4 atom stereocenters. The van der Waals surface area contributed by atoms with Crippen LogP contribution >= 0.6 is 15.9 Å². The van der Waals surface area contributed by atoms with Crippen LogP contribution in [0.2, 0.25) is 0 Å². The van der Waals surface area contributed by atoms with Crippen LogP contribution in [0.1, 0.15) is 37.1 Å². The van der Waals surface area contributed by atoms with Crippen molar-refractivity contribution in [1.82, 2.24) is 14.4 Å². The number of carbonyl (C=O) groups excluding carboxylic acids is 1. The van der Waals surface area contributed by atoms with Crippen molar-refractivity contribution in [2.24, 2.45) is 17.8 Å². The van der Waals surface area contributed by atoms with Crippen molar-refractivity contribution in [2.45, 2.75) is 32.2 Å². The molecular weight excluding hydrogens is 488 g/mol. The Bertz CT molecular complexity index is 1200. The highest BCUT2D eigenvalue weighted by Gasteiger charge is 2.63. The van der Waals surface area contributed by atoms with Crippen LogP contribution in [0.3, 0.4) is 0 Å². The summed E-state index contributed by atoms with van der Waals surface area (Å²) in [6, 6.07) is 5.75. The molecule has 4 unspecified atom stereocenters. The summed E-state index contributed by atoms with van der Waals surface area (Å²) < 4.78 is 18.9. The van der Waals surface area contributed by atoms with E-state index in [9.17, 15) is 4.79 Å². The number of aromatic nitrogens is 3. The van der Waals surface area contributed by atoms with Gasteiger partial charge in [0.15, 0.2) is 5.82 Å². The first kappa shape index (κ1) is 22.0. The van der Waals surface area contributed by atoms with Gasteiger partial charge in [0.05, 0.1) is 26.7 Å². The van der Waals surface area contributed by atoms with Gasteiger partial charge in [-0.15, -0.1) is 0 Å². The summed E-state index contributed by atoms with van der Waals surface area (Å²) in [6.45, 7) is 2.82. The first-order valence-corrected chi connectivity index (χ1v) is 12.0. The molecule has 2 aliphatic rings. The summed E-state index contributed by atoms with van der Waals surface area (Å²) in [6.07, 6.45) is 5.79. The molecule has 8 nitrogen and oxygen atoms in total. The standard InChI is InChI=1S/C24H27BrN4O4/c1-4-33-24(30)19-15-7-8-16(18(15)19)23-28-21(25)20-22(26-9-10-29(20)23)27-12-13-5-6-14(31-2)11-17(13)32-3/h5-6,9-11,15-16,18-19H,4,7-8,12H2,1-3H3,(H,26,27). The van der Waals surface area contributed by atoms with Gasteiger partial charge in [-0.25, -0.2) is 9.97 Å². The van der Waals surface area contributed by atoms with E-state index in [0.717, 1.165) is 51.7 Å². The van der Waals surface area contributed by atoms with Gasteiger partial charge < -0.3 is 19.5 Å². The number of rotatable bonds is 8. The highest BCUT2D eigenvalue weighted by Crippen LogP contribution is 2.64. The molecular formula is C24H27BrN4O4. The molecule has 0 bridgehead atoms. The third kappa shape index (κ3) is 3.82. The third-order valence-electron chi connectivity index (χ3n) is 6.88. The Morgan fingerprint density at radius 3 is 2.88 bits per heavy atom. The molecule has 2 heterocycles. The fourth-order valence-corrected chi connectivity index (χ4v) is 5.91. The van der Waals surface area contributed by atoms with E-state index in [1.807, 2.05) is 31.3 Å². The molecule has 174 valence electrons. The van der Waals surface area contributed by atoms with Crippen LogP contribution in [0.25, 0.3) is 5.52 Å². The van der Waals surface area contributed by atoms with Crippen molar-refractivity contribution in [3.05, 3.63) is 46.6 Å². The SMILES string of the molecule is CCOC(=O)C1C2CCC(c3nc(Br)c4c(NCc5ccc(OC)cc5OC)nccn34)C21. The number of benzene rings is 1. The van der Waals surface area contributed by atoms with Crippen molar-refractivity contribution in [3.8, 4) is 11.5 Å². The van der Waals surface area contributed by atoms with Gasteiger partial charge >= 0.3 is 5.97 Å². The number of nitrogens with zero attached hydrogens (tertiary/aromatic N) is 3. The van der Waals surface area contributed by atoms with Gasteiger partial charge in [-0.2, -0.15) is 0 Å². The lowest BCUT2D eigenvalue weighted by Gasteiger charge is -2.14. The van der Waals surface area contributed by atoms with Crippen LogP contribution < -0.4 is 14.8 Å². The van der Waals surface area contributed by atoms with E-state index in [1.54, 1.807) is 20.4 Å². The van der Waals surface area contributed by atoms with Crippen molar-refractivity contribution in [2.75, 3.05) is 26.1 Å². The average Bonchev–Trinajstić information content (AvgIpc) is 3.22. The highest BCUT2D eigenvalue weighted by molar-refractivity contribution is 9.10. The maximum Gasteiger partial charge on any atom is 0.309 e. The lowest BCUT2D eigenvalue weighted by molar-refractivity contribution is -0.145. The topological polar surface area (TPSA) is 87.0 Å². The van der Waals surface area contributed by atoms with Gasteiger partial charge in [-0.1, -0.05) is 0 Å². The van der Waals surface area contributed by atoms with Crippen molar-refractivity contribution >= 4 is 33.2 Å². The fourth-order valence-electron chi connectivity index (χ4n) is 5.34. The molecule has 0 saturated heterocycles. The summed E-state index contributed by atoms with van der Waals surface area (Å²) in [4.78, 5) is 21.8. The van der Waals surface area contributed by atoms with E-state index in [4.69, 9.17) is 19.2 Å². The minimum absolute atomic E-state index is 0.0109. The van der Waals surface area contributed by atoms with E-state index >= 15 is 0 Å². The molecule has 2 aromatic heterocycles. The van der Waals surface area contributed by atoms with E-state index in [0.29, 0.717) is 25.0 Å². The molecule has 3 aromatic rings. The van der Waals surface area contributed by atoms with E-state index in [-0.39, 0.29) is 17.8 Å². The predicted molar refractivity (Wildman–Crippen MR) is 127 cm³/mol. The zero-order chi connectivity index (χ0) is 23.1.